The molecule has 0 saturated heterocycles. The molecule has 1 aromatic rings. The zero-order valence-corrected chi connectivity index (χ0v) is 10.9. The number of aliphatic hydroxyl groups excluding tert-OH is 1. The van der Waals surface area contributed by atoms with Crippen molar-refractivity contribution in [3.05, 3.63) is 30.1 Å². The van der Waals surface area contributed by atoms with E-state index in [2.05, 4.69) is 5.32 Å². The van der Waals surface area contributed by atoms with Gasteiger partial charge in [-0.1, -0.05) is 12.1 Å². The Bertz CT molecular complexity index is 480. The lowest BCUT2D eigenvalue weighted by atomic mass is 10.2. The number of rotatable bonds is 7. The summed E-state index contributed by atoms with van der Waals surface area (Å²) in [6.07, 6.45) is -2.58. The molecule has 3 N–H and O–H groups in total. The van der Waals surface area contributed by atoms with Crippen LogP contribution in [-0.2, 0) is 9.59 Å². The highest BCUT2D eigenvalue weighted by Crippen LogP contribution is 2.16. The van der Waals surface area contributed by atoms with Crippen molar-refractivity contribution in [1.82, 2.24) is 5.32 Å². The van der Waals surface area contributed by atoms with Gasteiger partial charge in [0.15, 0.2) is 23.8 Å². The SMILES string of the molecule is CC(Oc1ccccc1F)C(=O)NCCC(O)C(=O)O. The van der Waals surface area contributed by atoms with Crippen LogP contribution in [0.3, 0.4) is 0 Å². The Kier molecular flexibility index (Phi) is 5.92. The molecule has 0 bridgehead atoms. The molecule has 20 heavy (non-hydrogen) atoms. The number of ether oxygens (including phenoxy) is 1. The number of aliphatic carboxylic acids is 1. The molecule has 0 aliphatic rings. The van der Waals surface area contributed by atoms with Gasteiger partial charge in [0.1, 0.15) is 0 Å². The van der Waals surface area contributed by atoms with E-state index < -0.39 is 29.9 Å². The molecule has 0 spiro atoms. The molecule has 0 heterocycles. The van der Waals surface area contributed by atoms with E-state index in [0.29, 0.717) is 0 Å². The lowest BCUT2D eigenvalue weighted by molar-refractivity contribution is -0.147. The zero-order valence-electron chi connectivity index (χ0n) is 10.9. The second-order valence-corrected chi connectivity index (χ2v) is 4.12. The molecule has 1 rings (SSSR count). The van der Waals surface area contributed by atoms with Gasteiger partial charge < -0.3 is 20.3 Å². The number of aliphatic hydroxyl groups is 1. The molecule has 6 nitrogen and oxygen atoms in total. The number of hydrogen-bond donors (Lipinski definition) is 3. The summed E-state index contributed by atoms with van der Waals surface area (Å²) in [5, 5.41) is 19.9. The number of para-hydroxylation sites is 1. The van der Waals surface area contributed by atoms with Crippen molar-refractivity contribution in [2.75, 3.05) is 6.54 Å². The molecule has 0 radical (unpaired) electrons. The Labute approximate surface area is 115 Å². The molecule has 2 atom stereocenters. The summed E-state index contributed by atoms with van der Waals surface area (Å²) in [7, 11) is 0. The number of benzene rings is 1. The molecule has 0 fully saturated rings. The monoisotopic (exact) mass is 285 g/mol. The molecular formula is C13H16FNO5. The maximum atomic E-state index is 13.3. The number of amides is 1. The van der Waals surface area contributed by atoms with Crippen LogP contribution >= 0.6 is 0 Å². The van der Waals surface area contributed by atoms with Crippen molar-refractivity contribution in [3.63, 3.8) is 0 Å². The lowest BCUT2D eigenvalue weighted by Gasteiger charge is -2.15. The maximum Gasteiger partial charge on any atom is 0.332 e. The van der Waals surface area contributed by atoms with Crippen LogP contribution in [0, 0.1) is 5.82 Å². The minimum absolute atomic E-state index is 0.0166. The van der Waals surface area contributed by atoms with Crippen molar-refractivity contribution in [2.45, 2.75) is 25.6 Å². The molecule has 0 saturated carbocycles. The summed E-state index contributed by atoms with van der Waals surface area (Å²) >= 11 is 0. The van der Waals surface area contributed by atoms with Gasteiger partial charge in [0, 0.05) is 13.0 Å². The number of nitrogens with one attached hydrogen (secondary N) is 1. The quantitative estimate of drug-likeness (QED) is 0.679. The van der Waals surface area contributed by atoms with Gasteiger partial charge in [0.25, 0.3) is 5.91 Å². The average Bonchev–Trinajstić information content (AvgIpc) is 2.40. The Morgan fingerprint density at radius 3 is 2.65 bits per heavy atom. The molecular weight excluding hydrogens is 269 g/mol. The van der Waals surface area contributed by atoms with Gasteiger partial charge in [-0.3, -0.25) is 4.79 Å². The van der Waals surface area contributed by atoms with Crippen molar-refractivity contribution in [3.8, 4) is 5.75 Å². The first-order valence-corrected chi connectivity index (χ1v) is 6.01. The number of halogens is 1. The molecule has 1 amide bonds. The van der Waals surface area contributed by atoms with Crippen molar-refractivity contribution in [1.29, 1.82) is 0 Å². The predicted molar refractivity (Wildman–Crippen MR) is 67.8 cm³/mol. The topological polar surface area (TPSA) is 95.9 Å². The highest BCUT2D eigenvalue weighted by atomic mass is 19.1. The van der Waals surface area contributed by atoms with Gasteiger partial charge in [-0.2, -0.15) is 0 Å². The van der Waals surface area contributed by atoms with Crippen LogP contribution in [-0.4, -0.2) is 40.8 Å². The lowest BCUT2D eigenvalue weighted by Crippen LogP contribution is -2.38. The van der Waals surface area contributed by atoms with Gasteiger partial charge in [-0.25, -0.2) is 9.18 Å². The number of carbonyl (C=O) groups is 2. The van der Waals surface area contributed by atoms with Crippen LogP contribution in [0.15, 0.2) is 24.3 Å². The Balaban J connectivity index is 2.40. The molecule has 1 aromatic carbocycles. The predicted octanol–water partition coefficient (Wildman–Crippen LogP) is 0.545. The summed E-state index contributed by atoms with van der Waals surface area (Å²) < 4.78 is 18.5. The van der Waals surface area contributed by atoms with Gasteiger partial charge in [-0.05, 0) is 19.1 Å². The van der Waals surface area contributed by atoms with E-state index in [-0.39, 0.29) is 18.7 Å². The normalized spacial score (nSPS) is 13.3. The largest absolute Gasteiger partial charge is 0.479 e. The third-order valence-electron chi connectivity index (χ3n) is 2.51. The summed E-state index contributed by atoms with van der Waals surface area (Å²) in [6, 6.07) is 5.68. The fraction of sp³-hybridized carbons (Fsp3) is 0.385. The number of carboxylic acids is 1. The van der Waals surface area contributed by atoms with Crippen LogP contribution < -0.4 is 10.1 Å². The fourth-order valence-electron chi connectivity index (χ4n) is 1.38. The van der Waals surface area contributed by atoms with Crippen molar-refractivity contribution >= 4 is 11.9 Å². The first-order valence-electron chi connectivity index (χ1n) is 6.01. The van der Waals surface area contributed by atoms with E-state index >= 15 is 0 Å². The minimum Gasteiger partial charge on any atom is -0.479 e. The number of carboxylic acid groups (broad SMARTS) is 1. The summed E-state index contributed by atoms with van der Waals surface area (Å²) in [5.41, 5.74) is 0. The molecule has 0 aromatic heterocycles. The summed E-state index contributed by atoms with van der Waals surface area (Å²) in [4.78, 5) is 22.0. The molecule has 110 valence electrons. The molecule has 2 unspecified atom stereocenters. The standard InChI is InChI=1S/C13H16FNO5/c1-8(20-11-5-3-2-4-9(11)14)12(17)15-7-6-10(16)13(18)19/h2-5,8,10,16H,6-7H2,1H3,(H,15,17)(H,18,19). The van der Waals surface area contributed by atoms with Gasteiger partial charge in [-0.15, -0.1) is 0 Å². The third-order valence-corrected chi connectivity index (χ3v) is 2.51. The van der Waals surface area contributed by atoms with Gasteiger partial charge in [0.05, 0.1) is 0 Å². The van der Waals surface area contributed by atoms with Crippen LogP contribution in [0.5, 0.6) is 5.75 Å². The Hall–Kier alpha value is -2.15. The van der Waals surface area contributed by atoms with Crippen LogP contribution in [0.4, 0.5) is 4.39 Å². The summed E-state index contributed by atoms with van der Waals surface area (Å²) in [6.45, 7) is 1.42. The Morgan fingerprint density at radius 1 is 1.40 bits per heavy atom. The highest BCUT2D eigenvalue weighted by molar-refractivity contribution is 5.80. The minimum atomic E-state index is -1.53. The van der Waals surface area contributed by atoms with Crippen LogP contribution in [0.1, 0.15) is 13.3 Å². The van der Waals surface area contributed by atoms with Crippen LogP contribution in [0.25, 0.3) is 0 Å². The average molecular weight is 285 g/mol. The van der Waals surface area contributed by atoms with E-state index in [1.165, 1.54) is 25.1 Å². The second kappa shape index (κ2) is 7.44. The molecule has 7 heteroatoms. The fourth-order valence-corrected chi connectivity index (χ4v) is 1.38. The molecule has 0 aliphatic carbocycles. The van der Waals surface area contributed by atoms with Gasteiger partial charge >= 0.3 is 5.97 Å². The smallest absolute Gasteiger partial charge is 0.332 e. The van der Waals surface area contributed by atoms with E-state index in [1.54, 1.807) is 6.07 Å². The van der Waals surface area contributed by atoms with E-state index in [1.807, 2.05) is 0 Å². The van der Waals surface area contributed by atoms with Gasteiger partial charge in [0.2, 0.25) is 0 Å². The van der Waals surface area contributed by atoms with E-state index in [4.69, 9.17) is 14.9 Å². The zero-order chi connectivity index (χ0) is 15.1. The summed E-state index contributed by atoms with van der Waals surface area (Å²) in [5.74, 6) is -2.49. The first-order chi connectivity index (χ1) is 9.41. The third kappa shape index (κ3) is 4.85. The van der Waals surface area contributed by atoms with E-state index in [0.717, 1.165) is 0 Å². The number of hydrogen-bond acceptors (Lipinski definition) is 4. The van der Waals surface area contributed by atoms with Crippen molar-refractivity contribution < 1.29 is 28.9 Å². The van der Waals surface area contributed by atoms with Crippen LogP contribution in [0.2, 0.25) is 0 Å². The van der Waals surface area contributed by atoms with Crippen molar-refractivity contribution in [2.24, 2.45) is 0 Å². The highest BCUT2D eigenvalue weighted by Gasteiger charge is 2.17. The van der Waals surface area contributed by atoms with E-state index in [9.17, 15) is 14.0 Å². The first kappa shape index (κ1) is 15.9. The Morgan fingerprint density at radius 2 is 2.05 bits per heavy atom. The second-order valence-electron chi connectivity index (χ2n) is 4.12. The number of carbonyl (C=O) groups excluding carboxylic acids is 1. The molecule has 0 aliphatic heterocycles. The maximum absolute atomic E-state index is 13.3.